The van der Waals surface area contributed by atoms with Crippen LogP contribution < -0.4 is 4.90 Å². The zero-order valence-electron chi connectivity index (χ0n) is 29.4. The van der Waals surface area contributed by atoms with Crippen molar-refractivity contribution in [3.8, 4) is 22.3 Å². The van der Waals surface area contributed by atoms with Gasteiger partial charge in [0.05, 0.1) is 11.1 Å². The first kappa shape index (κ1) is 30.5. The minimum Gasteiger partial charge on any atom is -0.455 e. The Hall–Kier alpha value is -7.16. The number of nitrogens with zero attached hydrogens (tertiary/aromatic N) is 1. The molecule has 0 aliphatic heterocycles. The fourth-order valence-corrected chi connectivity index (χ4v) is 8.42. The Morgan fingerprint density at radius 3 is 1.83 bits per heavy atom. The Kier molecular flexibility index (Phi) is 6.90. The van der Waals surface area contributed by atoms with Crippen LogP contribution in [0.15, 0.2) is 205 Å². The third-order valence-electron chi connectivity index (χ3n) is 11.0. The molecular weight excluding hydrogens is 655 g/mol. The van der Waals surface area contributed by atoms with Gasteiger partial charge in [-0.25, -0.2) is 0 Å². The second kappa shape index (κ2) is 12.2. The van der Waals surface area contributed by atoms with Gasteiger partial charge in [0, 0.05) is 22.1 Å². The highest BCUT2D eigenvalue weighted by Crippen LogP contribution is 2.45. The number of hydrogen-bond donors (Lipinski definition) is 0. The van der Waals surface area contributed by atoms with Gasteiger partial charge in [-0.1, -0.05) is 146 Å². The van der Waals surface area contributed by atoms with Gasteiger partial charge in [0.1, 0.15) is 11.2 Å². The van der Waals surface area contributed by atoms with E-state index in [-0.39, 0.29) is 0 Å². The molecule has 0 bridgehead atoms. The molecule has 0 radical (unpaired) electrons. The molecule has 0 atom stereocenters. The van der Waals surface area contributed by atoms with Crippen molar-refractivity contribution in [1.29, 1.82) is 0 Å². The monoisotopic (exact) mass is 687 g/mol. The van der Waals surface area contributed by atoms with Crippen LogP contribution in [-0.4, -0.2) is 0 Å². The van der Waals surface area contributed by atoms with E-state index in [2.05, 4.69) is 205 Å². The van der Waals surface area contributed by atoms with Crippen molar-refractivity contribution < 1.29 is 4.42 Å². The van der Waals surface area contributed by atoms with Crippen molar-refractivity contribution >= 4 is 82.1 Å². The zero-order chi connectivity index (χ0) is 35.6. The molecule has 0 spiro atoms. The van der Waals surface area contributed by atoms with Crippen molar-refractivity contribution in [3.05, 3.63) is 200 Å². The quantitative estimate of drug-likeness (QED) is 0.168. The predicted octanol–water partition coefficient (Wildman–Crippen LogP) is 15.0. The first-order valence-corrected chi connectivity index (χ1v) is 18.5. The van der Waals surface area contributed by atoms with Gasteiger partial charge in [-0.05, 0) is 115 Å². The minimum absolute atomic E-state index is 0.871. The van der Waals surface area contributed by atoms with Crippen LogP contribution in [0.5, 0.6) is 0 Å². The van der Waals surface area contributed by atoms with E-state index in [0.717, 1.165) is 44.4 Å². The molecule has 0 N–H and O–H groups in total. The largest absolute Gasteiger partial charge is 0.455 e. The maximum absolute atomic E-state index is 6.68. The smallest absolute Gasteiger partial charge is 0.143 e. The number of anilines is 3. The van der Waals surface area contributed by atoms with Crippen LogP contribution in [0.2, 0.25) is 0 Å². The normalized spacial score (nSPS) is 11.7. The third-order valence-corrected chi connectivity index (χ3v) is 11.0. The summed E-state index contributed by atoms with van der Waals surface area (Å²) in [4.78, 5) is 2.39. The Morgan fingerprint density at radius 2 is 0.981 bits per heavy atom. The maximum Gasteiger partial charge on any atom is 0.143 e. The Labute approximate surface area is 312 Å². The molecule has 11 aromatic rings. The zero-order valence-corrected chi connectivity index (χ0v) is 29.4. The highest BCUT2D eigenvalue weighted by Gasteiger charge is 2.21. The van der Waals surface area contributed by atoms with Gasteiger partial charge in [0.15, 0.2) is 0 Å². The predicted molar refractivity (Wildman–Crippen MR) is 229 cm³/mol. The molecule has 0 amide bonds. The summed E-state index contributed by atoms with van der Waals surface area (Å²) < 4.78 is 6.68. The molecule has 0 fully saturated rings. The van der Waals surface area contributed by atoms with Gasteiger partial charge in [-0.2, -0.15) is 0 Å². The molecule has 2 nitrogen and oxygen atoms in total. The lowest BCUT2D eigenvalue weighted by Gasteiger charge is -2.27. The van der Waals surface area contributed by atoms with Gasteiger partial charge in [0.25, 0.3) is 0 Å². The Morgan fingerprint density at radius 1 is 0.333 bits per heavy atom. The fraction of sp³-hybridized carbons (Fsp3) is 0. The Balaban J connectivity index is 1.13. The number of benzene rings is 10. The average molecular weight is 688 g/mol. The number of rotatable bonds is 5. The third kappa shape index (κ3) is 4.88. The molecular formula is C52H33NO. The van der Waals surface area contributed by atoms with E-state index in [1.165, 1.54) is 60.0 Å². The highest BCUT2D eigenvalue weighted by atomic mass is 16.3. The maximum atomic E-state index is 6.68. The molecule has 0 saturated heterocycles. The van der Waals surface area contributed by atoms with Gasteiger partial charge in [-0.3, -0.25) is 0 Å². The van der Waals surface area contributed by atoms with Crippen molar-refractivity contribution in [2.45, 2.75) is 0 Å². The minimum atomic E-state index is 0.871. The lowest BCUT2D eigenvalue weighted by molar-refractivity contribution is 0.672. The number of fused-ring (bicyclic) bond motifs is 9. The second-order valence-electron chi connectivity index (χ2n) is 14.1. The fourth-order valence-electron chi connectivity index (χ4n) is 8.42. The summed E-state index contributed by atoms with van der Waals surface area (Å²) >= 11 is 0. The summed E-state index contributed by atoms with van der Waals surface area (Å²) in [5.41, 5.74) is 9.85. The average Bonchev–Trinajstić information content (AvgIpc) is 3.64. The van der Waals surface area contributed by atoms with Crippen molar-refractivity contribution in [3.63, 3.8) is 0 Å². The van der Waals surface area contributed by atoms with Gasteiger partial charge in [0.2, 0.25) is 0 Å². The first-order valence-electron chi connectivity index (χ1n) is 18.5. The Bertz CT molecular complexity index is 3210. The molecule has 2 heteroatoms. The molecule has 1 heterocycles. The van der Waals surface area contributed by atoms with Gasteiger partial charge < -0.3 is 9.32 Å². The SMILES string of the molecule is c1ccc(-c2ccc(N(c3ccc4ccc(-c5cc6ccccc6c6ccccc56)cc4c3)c3cccc4oc5c6ccccc6ccc5c34)cc2)cc1. The summed E-state index contributed by atoms with van der Waals surface area (Å²) in [6.45, 7) is 0. The molecule has 54 heavy (non-hydrogen) atoms. The summed E-state index contributed by atoms with van der Waals surface area (Å²) in [6, 6.07) is 72.3. The van der Waals surface area contributed by atoms with Crippen molar-refractivity contribution in [2.24, 2.45) is 0 Å². The van der Waals surface area contributed by atoms with E-state index in [9.17, 15) is 0 Å². The van der Waals surface area contributed by atoms with Gasteiger partial charge >= 0.3 is 0 Å². The van der Waals surface area contributed by atoms with Crippen LogP contribution in [-0.2, 0) is 0 Å². The van der Waals surface area contributed by atoms with Crippen LogP contribution in [0.1, 0.15) is 0 Å². The summed E-state index contributed by atoms with van der Waals surface area (Å²) in [5, 5.41) is 11.9. The van der Waals surface area contributed by atoms with E-state index in [0.29, 0.717) is 0 Å². The van der Waals surface area contributed by atoms with Crippen LogP contribution in [0.4, 0.5) is 17.1 Å². The molecule has 0 saturated carbocycles. The van der Waals surface area contributed by atoms with Gasteiger partial charge in [-0.15, -0.1) is 0 Å². The molecule has 10 aromatic carbocycles. The van der Waals surface area contributed by atoms with Crippen LogP contribution >= 0.6 is 0 Å². The molecule has 11 rings (SSSR count). The van der Waals surface area contributed by atoms with E-state index < -0.39 is 0 Å². The molecule has 252 valence electrons. The summed E-state index contributed by atoms with van der Waals surface area (Å²) in [7, 11) is 0. The topological polar surface area (TPSA) is 16.4 Å². The summed E-state index contributed by atoms with van der Waals surface area (Å²) in [5.74, 6) is 0. The van der Waals surface area contributed by atoms with E-state index in [1.54, 1.807) is 0 Å². The molecule has 0 unspecified atom stereocenters. The lowest BCUT2D eigenvalue weighted by Crippen LogP contribution is -2.10. The lowest BCUT2D eigenvalue weighted by atomic mass is 9.92. The standard InChI is InChI=1S/C52H33NO/c1-2-11-34(12-3-1)35-23-27-41(28-24-35)53(49-19-10-20-50-51(49)47-30-26-37-13-4-7-16-44(37)52(47)54-50)42-29-25-36-21-22-39(31-40(36)32-42)48-33-38-14-5-6-15-43(38)45-17-8-9-18-46(45)48/h1-33H. The highest BCUT2D eigenvalue weighted by molar-refractivity contribution is 6.20. The molecule has 0 aliphatic carbocycles. The van der Waals surface area contributed by atoms with Crippen LogP contribution in [0.25, 0.3) is 87.3 Å². The van der Waals surface area contributed by atoms with Crippen LogP contribution in [0, 0.1) is 0 Å². The van der Waals surface area contributed by atoms with E-state index in [1.807, 2.05) is 0 Å². The van der Waals surface area contributed by atoms with Crippen molar-refractivity contribution in [2.75, 3.05) is 4.90 Å². The summed E-state index contributed by atoms with van der Waals surface area (Å²) in [6.07, 6.45) is 0. The van der Waals surface area contributed by atoms with E-state index in [4.69, 9.17) is 4.42 Å². The van der Waals surface area contributed by atoms with Crippen molar-refractivity contribution in [1.82, 2.24) is 0 Å². The van der Waals surface area contributed by atoms with Crippen LogP contribution in [0.3, 0.4) is 0 Å². The number of hydrogen-bond acceptors (Lipinski definition) is 2. The molecule has 0 aliphatic rings. The number of furan rings is 1. The van der Waals surface area contributed by atoms with E-state index >= 15 is 0 Å². The molecule has 1 aromatic heterocycles. The first-order chi connectivity index (χ1) is 26.8. The second-order valence-corrected chi connectivity index (χ2v) is 14.1.